The van der Waals surface area contributed by atoms with Crippen LogP contribution in [0.4, 0.5) is 4.39 Å². The van der Waals surface area contributed by atoms with Crippen molar-refractivity contribution in [2.75, 3.05) is 5.88 Å². The van der Waals surface area contributed by atoms with Crippen molar-refractivity contribution in [3.05, 3.63) is 52.9 Å². The summed E-state index contributed by atoms with van der Waals surface area (Å²) in [4.78, 5) is 15.4. The molecule has 0 spiro atoms. The molecule has 0 N–H and O–H groups in total. The third kappa shape index (κ3) is 2.52. The van der Waals surface area contributed by atoms with Gasteiger partial charge in [-0.05, 0) is 24.3 Å². The monoisotopic (exact) mass is 283 g/mol. The lowest BCUT2D eigenvalue weighted by Gasteiger charge is -2.07. The molecule has 0 unspecified atom stereocenters. The Morgan fingerprint density at radius 1 is 1.33 bits per heavy atom. The van der Waals surface area contributed by atoms with E-state index in [9.17, 15) is 9.18 Å². The molecule has 0 atom stereocenters. The summed E-state index contributed by atoms with van der Waals surface area (Å²) < 4.78 is 14.0. The molecule has 0 aliphatic rings. The average Bonchev–Trinajstić information content (AvgIpc) is 2.38. The summed E-state index contributed by atoms with van der Waals surface area (Å²) in [6.07, 6.45) is 1.54. The number of carbonyl (C=O) groups is 1. The van der Waals surface area contributed by atoms with Gasteiger partial charge in [-0.1, -0.05) is 17.7 Å². The van der Waals surface area contributed by atoms with Crippen LogP contribution in [0.2, 0.25) is 5.02 Å². The number of benzene rings is 1. The first-order valence-electron chi connectivity index (χ1n) is 5.13. The van der Waals surface area contributed by atoms with Gasteiger partial charge in [0.2, 0.25) is 0 Å². The van der Waals surface area contributed by atoms with Gasteiger partial charge >= 0.3 is 0 Å². The maximum Gasteiger partial charge on any atom is 0.177 e. The van der Waals surface area contributed by atoms with Gasteiger partial charge in [0.05, 0.1) is 22.2 Å². The van der Waals surface area contributed by atoms with E-state index in [2.05, 4.69) is 4.98 Å². The number of nitrogens with zero attached hydrogens (tertiary/aromatic N) is 1. The predicted octanol–water partition coefficient (Wildman–Crippen LogP) is 3.96. The number of carbonyl (C=O) groups excluding carboxylic acids is 1. The summed E-state index contributed by atoms with van der Waals surface area (Å²) in [6, 6.07) is 7.63. The quantitative estimate of drug-likeness (QED) is 0.630. The van der Waals surface area contributed by atoms with Crippen LogP contribution < -0.4 is 0 Å². The van der Waals surface area contributed by atoms with Gasteiger partial charge in [-0.15, -0.1) is 11.6 Å². The van der Waals surface area contributed by atoms with Gasteiger partial charge in [-0.3, -0.25) is 9.78 Å². The van der Waals surface area contributed by atoms with E-state index < -0.39 is 5.82 Å². The Kier molecular flexibility index (Phi) is 3.94. The topological polar surface area (TPSA) is 30.0 Å². The Labute approximate surface area is 113 Å². The van der Waals surface area contributed by atoms with Crippen molar-refractivity contribution in [1.29, 1.82) is 0 Å². The van der Waals surface area contributed by atoms with Crippen molar-refractivity contribution >= 4 is 29.0 Å². The minimum absolute atomic E-state index is 0.141. The highest BCUT2D eigenvalue weighted by atomic mass is 35.5. The molecule has 1 heterocycles. The van der Waals surface area contributed by atoms with Crippen LogP contribution in [0, 0.1) is 5.82 Å². The van der Waals surface area contributed by atoms with Crippen LogP contribution in [-0.4, -0.2) is 16.6 Å². The molecule has 2 nitrogen and oxygen atoms in total. The summed E-state index contributed by atoms with van der Waals surface area (Å²) >= 11 is 11.4. The maximum absolute atomic E-state index is 14.0. The Morgan fingerprint density at radius 3 is 2.67 bits per heavy atom. The van der Waals surface area contributed by atoms with Gasteiger partial charge in [0, 0.05) is 11.8 Å². The van der Waals surface area contributed by atoms with Crippen molar-refractivity contribution < 1.29 is 9.18 Å². The van der Waals surface area contributed by atoms with Gasteiger partial charge in [-0.25, -0.2) is 4.39 Å². The van der Waals surface area contributed by atoms with E-state index in [0.29, 0.717) is 5.69 Å². The number of ketones is 1. The number of halogens is 3. The number of rotatable bonds is 3. The molecule has 0 aliphatic heterocycles. The van der Waals surface area contributed by atoms with Crippen LogP contribution in [0.3, 0.4) is 0 Å². The van der Waals surface area contributed by atoms with E-state index in [1.54, 1.807) is 24.4 Å². The van der Waals surface area contributed by atoms with Gasteiger partial charge < -0.3 is 0 Å². The highest BCUT2D eigenvalue weighted by Crippen LogP contribution is 2.30. The minimum atomic E-state index is -0.588. The van der Waals surface area contributed by atoms with Crippen molar-refractivity contribution in [2.45, 2.75) is 0 Å². The maximum atomic E-state index is 14.0. The predicted molar refractivity (Wildman–Crippen MR) is 69.7 cm³/mol. The highest BCUT2D eigenvalue weighted by Gasteiger charge is 2.15. The second-order valence-electron chi connectivity index (χ2n) is 3.59. The van der Waals surface area contributed by atoms with Gasteiger partial charge in [0.1, 0.15) is 5.82 Å². The van der Waals surface area contributed by atoms with E-state index in [-0.39, 0.29) is 27.8 Å². The number of hydrogen-bond acceptors (Lipinski definition) is 2. The van der Waals surface area contributed by atoms with E-state index >= 15 is 0 Å². The fraction of sp³-hybridized carbons (Fsp3) is 0.0769. The Balaban J connectivity index is 2.55. The first-order valence-corrected chi connectivity index (χ1v) is 6.04. The Bertz CT molecular complexity index is 564. The summed E-state index contributed by atoms with van der Waals surface area (Å²) in [5, 5.41) is 0.141. The Hall–Kier alpha value is -1.45. The van der Waals surface area contributed by atoms with E-state index in [4.69, 9.17) is 23.2 Å². The van der Waals surface area contributed by atoms with Crippen molar-refractivity contribution in [2.24, 2.45) is 0 Å². The van der Waals surface area contributed by atoms with Crippen LogP contribution in [0.1, 0.15) is 10.4 Å². The molecule has 0 aliphatic carbocycles. The number of alkyl halides is 1. The zero-order valence-corrected chi connectivity index (χ0v) is 10.7. The molecule has 2 aromatic rings. The van der Waals surface area contributed by atoms with Crippen molar-refractivity contribution in [3.63, 3.8) is 0 Å². The fourth-order valence-electron chi connectivity index (χ4n) is 1.57. The third-order valence-electron chi connectivity index (χ3n) is 2.41. The second-order valence-corrected chi connectivity index (χ2v) is 4.26. The molecular formula is C13H8Cl2FNO. The Morgan fingerprint density at radius 2 is 2.11 bits per heavy atom. The zero-order valence-electron chi connectivity index (χ0n) is 9.16. The summed E-state index contributed by atoms with van der Waals surface area (Å²) in [5.74, 6) is -1.17. The normalized spacial score (nSPS) is 10.4. The third-order valence-corrected chi connectivity index (χ3v) is 2.95. The molecule has 0 saturated carbocycles. The molecule has 0 bridgehead atoms. The molecule has 0 amide bonds. The highest BCUT2D eigenvalue weighted by molar-refractivity contribution is 6.34. The number of aromatic nitrogens is 1. The lowest BCUT2D eigenvalue weighted by atomic mass is 10.1. The summed E-state index contributed by atoms with van der Waals surface area (Å²) in [6.45, 7) is 0. The lowest BCUT2D eigenvalue weighted by molar-refractivity contribution is 0.102. The molecule has 0 fully saturated rings. The van der Waals surface area contributed by atoms with Crippen molar-refractivity contribution in [3.8, 4) is 11.3 Å². The first-order chi connectivity index (χ1) is 8.63. The number of hydrogen-bond donors (Lipinski definition) is 0. The van der Waals surface area contributed by atoms with E-state index in [1.165, 1.54) is 6.07 Å². The molecule has 1 aromatic carbocycles. The second kappa shape index (κ2) is 5.46. The molecule has 0 radical (unpaired) electrons. The standard InChI is InChI=1S/C13H8Cl2FNO/c14-7-12(18)8-5-9(15)13(10(16)6-8)11-3-1-2-4-17-11/h1-6H,7H2. The van der Waals surface area contributed by atoms with Crippen LogP contribution in [0.25, 0.3) is 11.3 Å². The number of Topliss-reactive ketones (excluding diaryl/α,β-unsaturated/α-hetero) is 1. The van der Waals surface area contributed by atoms with Gasteiger partial charge in [0.25, 0.3) is 0 Å². The van der Waals surface area contributed by atoms with Crippen LogP contribution in [-0.2, 0) is 0 Å². The SMILES string of the molecule is O=C(CCl)c1cc(F)c(-c2ccccn2)c(Cl)c1. The molecule has 1 aromatic heterocycles. The molecule has 92 valence electrons. The largest absolute Gasteiger partial charge is 0.293 e. The van der Waals surface area contributed by atoms with Gasteiger partial charge in [-0.2, -0.15) is 0 Å². The molecule has 18 heavy (non-hydrogen) atoms. The minimum Gasteiger partial charge on any atom is -0.293 e. The average molecular weight is 284 g/mol. The molecule has 0 saturated heterocycles. The number of pyridine rings is 1. The molecule has 2 rings (SSSR count). The van der Waals surface area contributed by atoms with Crippen LogP contribution in [0.15, 0.2) is 36.5 Å². The van der Waals surface area contributed by atoms with Gasteiger partial charge in [0.15, 0.2) is 5.78 Å². The summed E-state index contributed by atoms with van der Waals surface area (Å²) in [7, 11) is 0. The van der Waals surface area contributed by atoms with Crippen molar-refractivity contribution in [1.82, 2.24) is 4.98 Å². The van der Waals surface area contributed by atoms with Crippen LogP contribution in [0.5, 0.6) is 0 Å². The van der Waals surface area contributed by atoms with Crippen LogP contribution >= 0.6 is 23.2 Å². The van der Waals surface area contributed by atoms with E-state index in [0.717, 1.165) is 6.07 Å². The fourth-order valence-corrected chi connectivity index (χ4v) is 2.03. The first kappa shape index (κ1) is 13.0. The zero-order chi connectivity index (χ0) is 13.1. The lowest BCUT2D eigenvalue weighted by Crippen LogP contribution is -2.02. The molecule has 5 heteroatoms. The summed E-state index contributed by atoms with van der Waals surface area (Å²) in [5.41, 5.74) is 0.764. The molecular weight excluding hydrogens is 276 g/mol. The van der Waals surface area contributed by atoms with E-state index in [1.807, 2.05) is 0 Å². The smallest absolute Gasteiger partial charge is 0.177 e.